The number of aromatic hydroxyl groups is 1. The molecule has 2 rings (SSSR count). The number of carbonyl (C=O) groups excluding carboxylic acids is 2. The van der Waals surface area contributed by atoms with Crippen LogP contribution in [-0.4, -0.2) is 31.1 Å². The number of esters is 1. The van der Waals surface area contributed by atoms with Crippen molar-refractivity contribution >= 4 is 17.6 Å². The standard InChI is InChI=1S/C17H23NO4/c1-11-4-6-12(7-5-11)16(20)18(2)15-9-8-13(19)10-14(15)17(21)22-3/h8-12,19H,4-7H2,1-3H3. The Bertz CT molecular complexity index is 562. The molecule has 1 saturated carbocycles. The Morgan fingerprint density at radius 2 is 1.86 bits per heavy atom. The zero-order valence-corrected chi connectivity index (χ0v) is 13.3. The second-order valence-electron chi connectivity index (χ2n) is 6.05. The van der Waals surface area contributed by atoms with Gasteiger partial charge in [0.05, 0.1) is 18.4 Å². The molecular weight excluding hydrogens is 282 g/mol. The maximum atomic E-state index is 12.7. The zero-order chi connectivity index (χ0) is 16.3. The number of benzene rings is 1. The molecule has 0 aliphatic heterocycles. The average Bonchev–Trinajstić information content (AvgIpc) is 2.53. The van der Waals surface area contributed by atoms with Gasteiger partial charge in [-0.2, -0.15) is 0 Å². The van der Waals surface area contributed by atoms with Crippen molar-refractivity contribution in [3.8, 4) is 5.75 Å². The summed E-state index contributed by atoms with van der Waals surface area (Å²) in [5, 5.41) is 9.57. The van der Waals surface area contributed by atoms with Crippen molar-refractivity contribution in [2.45, 2.75) is 32.6 Å². The highest BCUT2D eigenvalue weighted by Crippen LogP contribution is 2.32. The van der Waals surface area contributed by atoms with Gasteiger partial charge in [-0.25, -0.2) is 4.79 Å². The molecule has 5 heteroatoms. The number of phenolic OH excluding ortho intramolecular Hbond substituents is 1. The van der Waals surface area contributed by atoms with Crippen LogP contribution in [0.15, 0.2) is 18.2 Å². The molecule has 120 valence electrons. The van der Waals surface area contributed by atoms with Gasteiger partial charge in [0.25, 0.3) is 0 Å². The van der Waals surface area contributed by atoms with Crippen molar-refractivity contribution in [1.82, 2.24) is 0 Å². The zero-order valence-electron chi connectivity index (χ0n) is 13.3. The highest BCUT2D eigenvalue weighted by Gasteiger charge is 2.29. The first kappa shape index (κ1) is 16.3. The number of amides is 1. The fourth-order valence-corrected chi connectivity index (χ4v) is 2.99. The number of hydrogen-bond acceptors (Lipinski definition) is 4. The van der Waals surface area contributed by atoms with E-state index in [1.807, 2.05) is 0 Å². The van der Waals surface area contributed by atoms with Gasteiger partial charge < -0.3 is 14.7 Å². The van der Waals surface area contributed by atoms with Crippen molar-refractivity contribution in [2.24, 2.45) is 11.8 Å². The lowest BCUT2D eigenvalue weighted by molar-refractivity contribution is -0.123. The van der Waals surface area contributed by atoms with Gasteiger partial charge in [-0.3, -0.25) is 4.79 Å². The van der Waals surface area contributed by atoms with Gasteiger partial charge in [0.15, 0.2) is 0 Å². The smallest absolute Gasteiger partial charge is 0.340 e. The lowest BCUT2D eigenvalue weighted by atomic mass is 9.82. The molecule has 1 aromatic carbocycles. The molecule has 0 saturated heterocycles. The van der Waals surface area contributed by atoms with Crippen molar-refractivity contribution in [1.29, 1.82) is 0 Å². The Balaban J connectivity index is 2.23. The van der Waals surface area contributed by atoms with Crippen molar-refractivity contribution in [2.75, 3.05) is 19.1 Å². The molecule has 0 spiro atoms. The summed E-state index contributed by atoms with van der Waals surface area (Å²) in [5.74, 6) is 0.0937. The summed E-state index contributed by atoms with van der Waals surface area (Å²) in [6.07, 6.45) is 3.89. The maximum Gasteiger partial charge on any atom is 0.340 e. The first-order chi connectivity index (χ1) is 10.4. The number of carbonyl (C=O) groups is 2. The molecule has 0 radical (unpaired) electrons. The summed E-state index contributed by atoms with van der Waals surface area (Å²) in [6.45, 7) is 2.21. The van der Waals surface area contributed by atoms with E-state index in [9.17, 15) is 14.7 Å². The molecule has 0 atom stereocenters. The van der Waals surface area contributed by atoms with E-state index in [1.165, 1.54) is 24.1 Å². The Labute approximate surface area is 130 Å². The van der Waals surface area contributed by atoms with Gasteiger partial charge in [-0.05, 0) is 49.8 Å². The van der Waals surface area contributed by atoms with Gasteiger partial charge in [0.1, 0.15) is 5.75 Å². The number of hydrogen-bond donors (Lipinski definition) is 1. The summed E-state index contributed by atoms with van der Waals surface area (Å²) in [5.41, 5.74) is 0.663. The SMILES string of the molecule is COC(=O)c1cc(O)ccc1N(C)C(=O)C1CCC(C)CC1. The lowest BCUT2D eigenvalue weighted by Gasteiger charge is -2.29. The van der Waals surface area contributed by atoms with Crippen LogP contribution in [0.3, 0.4) is 0 Å². The van der Waals surface area contributed by atoms with Gasteiger partial charge in [-0.1, -0.05) is 6.92 Å². The number of rotatable bonds is 3. The van der Waals surface area contributed by atoms with Crippen LogP contribution in [0.2, 0.25) is 0 Å². The summed E-state index contributed by atoms with van der Waals surface area (Å²) in [6, 6.07) is 4.37. The van der Waals surface area contributed by atoms with Crippen LogP contribution in [0.5, 0.6) is 5.75 Å². The van der Waals surface area contributed by atoms with E-state index in [2.05, 4.69) is 6.92 Å². The Morgan fingerprint density at radius 1 is 1.23 bits per heavy atom. The first-order valence-corrected chi connectivity index (χ1v) is 7.63. The van der Waals surface area contributed by atoms with Crippen molar-refractivity contribution < 1.29 is 19.4 Å². The molecule has 1 amide bonds. The number of methoxy groups -OCH3 is 1. The predicted molar refractivity (Wildman–Crippen MR) is 84.0 cm³/mol. The van der Waals surface area contributed by atoms with Crippen LogP contribution in [0.25, 0.3) is 0 Å². The molecular formula is C17H23NO4. The predicted octanol–water partition coefficient (Wildman–Crippen LogP) is 2.97. The van der Waals surface area contributed by atoms with Crippen LogP contribution in [0.4, 0.5) is 5.69 Å². The molecule has 1 fully saturated rings. The molecule has 0 bridgehead atoms. The lowest BCUT2D eigenvalue weighted by Crippen LogP contribution is -2.35. The van der Waals surface area contributed by atoms with Gasteiger partial charge in [0, 0.05) is 13.0 Å². The molecule has 5 nitrogen and oxygen atoms in total. The third kappa shape index (κ3) is 3.40. The fourth-order valence-electron chi connectivity index (χ4n) is 2.99. The second-order valence-corrected chi connectivity index (χ2v) is 6.05. The summed E-state index contributed by atoms with van der Waals surface area (Å²) < 4.78 is 4.73. The Morgan fingerprint density at radius 3 is 2.45 bits per heavy atom. The van der Waals surface area contributed by atoms with Gasteiger partial charge >= 0.3 is 5.97 Å². The van der Waals surface area contributed by atoms with Crippen molar-refractivity contribution in [3.05, 3.63) is 23.8 Å². The number of nitrogens with zero attached hydrogens (tertiary/aromatic N) is 1. The van der Waals surface area contributed by atoms with Crippen LogP contribution in [0.1, 0.15) is 43.0 Å². The summed E-state index contributed by atoms with van der Waals surface area (Å²) in [4.78, 5) is 26.0. The summed E-state index contributed by atoms with van der Waals surface area (Å²) >= 11 is 0. The van der Waals surface area contributed by atoms with Gasteiger partial charge in [-0.15, -0.1) is 0 Å². The minimum Gasteiger partial charge on any atom is -0.508 e. The van der Waals surface area contributed by atoms with Gasteiger partial charge in [0.2, 0.25) is 5.91 Å². The first-order valence-electron chi connectivity index (χ1n) is 7.63. The minimum absolute atomic E-state index is 0.000463. The van der Waals surface area contributed by atoms with E-state index in [0.29, 0.717) is 11.6 Å². The van der Waals surface area contributed by atoms with Crippen LogP contribution >= 0.6 is 0 Å². The van der Waals surface area contributed by atoms with E-state index >= 15 is 0 Å². The Hall–Kier alpha value is -2.04. The Kier molecular flexibility index (Phi) is 5.06. The third-order valence-electron chi connectivity index (χ3n) is 4.44. The largest absolute Gasteiger partial charge is 0.508 e. The molecule has 1 aliphatic rings. The number of anilines is 1. The molecule has 1 aromatic rings. The minimum atomic E-state index is -0.567. The van der Waals surface area contributed by atoms with E-state index in [4.69, 9.17) is 4.74 Å². The molecule has 0 aromatic heterocycles. The number of ether oxygens (including phenoxy) is 1. The van der Waals surface area contributed by atoms with Crippen LogP contribution in [-0.2, 0) is 9.53 Å². The quantitative estimate of drug-likeness (QED) is 0.872. The molecule has 1 aliphatic carbocycles. The molecule has 0 heterocycles. The topological polar surface area (TPSA) is 66.8 Å². The monoisotopic (exact) mass is 305 g/mol. The molecule has 0 unspecified atom stereocenters. The second kappa shape index (κ2) is 6.81. The van der Waals surface area contributed by atoms with E-state index in [-0.39, 0.29) is 23.1 Å². The third-order valence-corrected chi connectivity index (χ3v) is 4.44. The highest BCUT2D eigenvalue weighted by atomic mass is 16.5. The molecule has 22 heavy (non-hydrogen) atoms. The van der Waals surface area contributed by atoms with Crippen molar-refractivity contribution in [3.63, 3.8) is 0 Å². The average molecular weight is 305 g/mol. The number of phenols is 1. The maximum absolute atomic E-state index is 12.7. The van der Waals surface area contributed by atoms with E-state index in [0.717, 1.165) is 25.7 Å². The van der Waals surface area contributed by atoms with E-state index < -0.39 is 5.97 Å². The summed E-state index contributed by atoms with van der Waals surface area (Å²) in [7, 11) is 2.94. The van der Waals surface area contributed by atoms with Crippen LogP contribution in [0, 0.1) is 11.8 Å². The normalized spacial score (nSPS) is 21.2. The van der Waals surface area contributed by atoms with Crippen LogP contribution < -0.4 is 4.90 Å². The fraction of sp³-hybridized carbons (Fsp3) is 0.529. The highest BCUT2D eigenvalue weighted by molar-refractivity contribution is 6.03. The van der Waals surface area contributed by atoms with E-state index in [1.54, 1.807) is 13.1 Å². The molecule has 1 N–H and O–H groups in total.